The number of rotatable bonds is 0. The third-order valence-corrected chi connectivity index (χ3v) is 2.79. The first-order valence-electron chi connectivity index (χ1n) is 3.62. The Morgan fingerprint density at radius 3 is 1.67 bits per heavy atom. The average Bonchev–Trinajstić information content (AvgIpc) is 1.91. The minimum atomic E-state index is 0. The van der Waals surface area contributed by atoms with Gasteiger partial charge >= 0.3 is 0 Å². The quantitative estimate of drug-likeness (QED) is 0.553. The van der Waals surface area contributed by atoms with Gasteiger partial charge in [-0.1, -0.05) is 0 Å². The van der Waals surface area contributed by atoms with E-state index < -0.39 is 0 Å². The van der Waals surface area contributed by atoms with Gasteiger partial charge in [0, 0.05) is 6.04 Å². The molecule has 0 aromatic heterocycles. The molecule has 0 bridgehead atoms. The van der Waals surface area contributed by atoms with Crippen LogP contribution in [0, 0.1) is 11.8 Å². The van der Waals surface area contributed by atoms with Gasteiger partial charge in [0.05, 0.1) is 0 Å². The maximum Gasteiger partial charge on any atom is 0.00443 e. The maximum absolute atomic E-state index is 5.76. The molecule has 2 aliphatic carbocycles. The van der Waals surface area contributed by atoms with E-state index in [0.717, 1.165) is 11.8 Å². The third kappa shape index (κ3) is 1.08. The van der Waals surface area contributed by atoms with E-state index >= 15 is 0 Å². The summed E-state index contributed by atoms with van der Waals surface area (Å²) in [5, 5.41) is 0. The van der Waals surface area contributed by atoms with Gasteiger partial charge in [-0.15, -0.1) is 12.4 Å². The van der Waals surface area contributed by atoms with E-state index in [1.54, 1.807) is 0 Å². The minimum absolute atomic E-state index is 0. The molecule has 0 spiro atoms. The van der Waals surface area contributed by atoms with Crippen molar-refractivity contribution in [3.63, 3.8) is 0 Å². The number of nitrogens with two attached hydrogens (primary N) is 1. The molecule has 0 aliphatic heterocycles. The highest BCUT2D eigenvalue weighted by molar-refractivity contribution is 5.85. The van der Waals surface area contributed by atoms with Crippen molar-refractivity contribution in [2.75, 3.05) is 0 Å². The van der Waals surface area contributed by atoms with Crippen LogP contribution in [0.2, 0.25) is 0 Å². The average molecular weight is 148 g/mol. The van der Waals surface area contributed by atoms with Crippen molar-refractivity contribution < 1.29 is 0 Å². The molecule has 0 aromatic rings. The second kappa shape index (κ2) is 2.47. The molecule has 2 rings (SSSR count). The van der Waals surface area contributed by atoms with Crippen molar-refractivity contribution in [2.24, 2.45) is 17.6 Å². The fourth-order valence-corrected chi connectivity index (χ4v) is 2.13. The van der Waals surface area contributed by atoms with Crippen LogP contribution in [-0.4, -0.2) is 6.04 Å². The molecular weight excluding hydrogens is 134 g/mol. The van der Waals surface area contributed by atoms with Crippen LogP contribution in [0.3, 0.4) is 0 Å². The second-order valence-corrected chi connectivity index (χ2v) is 3.33. The number of hydrogen-bond acceptors (Lipinski definition) is 1. The highest BCUT2D eigenvalue weighted by atomic mass is 35.5. The van der Waals surface area contributed by atoms with Gasteiger partial charge in [0.15, 0.2) is 0 Å². The molecule has 2 aliphatic rings. The van der Waals surface area contributed by atoms with Gasteiger partial charge < -0.3 is 5.73 Å². The van der Waals surface area contributed by atoms with Gasteiger partial charge in [0.2, 0.25) is 0 Å². The first-order chi connectivity index (χ1) is 3.86. The Labute approximate surface area is 62.4 Å². The smallest absolute Gasteiger partial charge is 0.00443 e. The molecule has 2 N–H and O–H groups in total. The summed E-state index contributed by atoms with van der Waals surface area (Å²) >= 11 is 0. The molecule has 2 heteroatoms. The zero-order valence-corrected chi connectivity index (χ0v) is 6.36. The second-order valence-electron chi connectivity index (χ2n) is 3.33. The van der Waals surface area contributed by atoms with Gasteiger partial charge in [0.1, 0.15) is 0 Å². The van der Waals surface area contributed by atoms with Crippen molar-refractivity contribution in [3.8, 4) is 0 Å². The molecule has 9 heavy (non-hydrogen) atoms. The van der Waals surface area contributed by atoms with Crippen molar-refractivity contribution in [2.45, 2.75) is 31.7 Å². The number of fused-ring (bicyclic) bond motifs is 1. The largest absolute Gasteiger partial charge is 0.328 e. The molecule has 0 heterocycles. The van der Waals surface area contributed by atoms with Crippen molar-refractivity contribution in [1.82, 2.24) is 0 Å². The van der Waals surface area contributed by atoms with Gasteiger partial charge in [-0.25, -0.2) is 0 Å². The zero-order chi connectivity index (χ0) is 5.56. The van der Waals surface area contributed by atoms with E-state index in [2.05, 4.69) is 0 Å². The van der Waals surface area contributed by atoms with Gasteiger partial charge in [-0.05, 0) is 37.5 Å². The molecule has 0 saturated heterocycles. The van der Waals surface area contributed by atoms with E-state index in [-0.39, 0.29) is 12.4 Å². The van der Waals surface area contributed by atoms with Crippen LogP contribution in [0.5, 0.6) is 0 Å². The van der Waals surface area contributed by atoms with Crippen LogP contribution in [-0.2, 0) is 0 Å². The van der Waals surface area contributed by atoms with Crippen molar-refractivity contribution in [3.05, 3.63) is 0 Å². The van der Waals surface area contributed by atoms with E-state index in [1.807, 2.05) is 0 Å². The van der Waals surface area contributed by atoms with Crippen molar-refractivity contribution >= 4 is 12.4 Å². The Morgan fingerprint density at radius 1 is 1.00 bits per heavy atom. The molecule has 3 atom stereocenters. The van der Waals surface area contributed by atoms with Crippen LogP contribution >= 0.6 is 12.4 Å². The Balaban J connectivity index is 0.000000405. The summed E-state index contributed by atoms with van der Waals surface area (Å²) in [6.45, 7) is 0. The highest BCUT2D eigenvalue weighted by Crippen LogP contribution is 2.45. The van der Waals surface area contributed by atoms with Gasteiger partial charge in [-0.3, -0.25) is 0 Å². The van der Waals surface area contributed by atoms with E-state index in [4.69, 9.17) is 5.73 Å². The Hall–Kier alpha value is 0.250. The lowest BCUT2D eigenvalue weighted by molar-refractivity contribution is 0.219. The van der Waals surface area contributed by atoms with Crippen LogP contribution in [0.15, 0.2) is 0 Å². The normalized spacial score (nSPS) is 47.0. The molecular formula is C7H14ClN. The predicted molar refractivity (Wildman–Crippen MR) is 40.7 cm³/mol. The van der Waals surface area contributed by atoms with E-state index in [0.29, 0.717) is 6.04 Å². The third-order valence-electron chi connectivity index (χ3n) is 2.79. The van der Waals surface area contributed by atoms with Crippen LogP contribution in [0.1, 0.15) is 25.7 Å². The lowest BCUT2D eigenvalue weighted by Crippen LogP contribution is -2.18. The van der Waals surface area contributed by atoms with Crippen LogP contribution in [0.25, 0.3) is 0 Å². The summed E-state index contributed by atoms with van der Waals surface area (Å²) in [6.07, 6.45) is 5.59. The van der Waals surface area contributed by atoms with Gasteiger partial charge in [0.25, 0.3) is 0 Å². The van der Waals surface area contributed by atoms with Crippen molar-refractivity contribution in [1.29, 1.82) is 0 Å². The zero-order valence-electron chi connectivity index (χ0n) is 5.55. The Kier molecular flexibility index (Phi) is 2.02. The van der Waals surface area contributed by atoms with Crippen LogP contribution < -0.4 is 5.73 Å². The summed E-state index contributed by atoms with van der Waals surface area (Å²) in [6, 6.07) is 0.562. The molecule has 0 radical (unpaired) electrons. The molecule has 0 aromatic carbocycles. The molecule has 2 saturated carbocycles. The van der Waals surface area contributed by atoms with E-state index in [1.165, 1.54) is 25.7 Å². The topological polar surface area (TPSA) is 26.0 Å². The Bertz CT molecular complexity index is 93.1. The minimum Gasteiger partial charge on any atom is -0.328 e. The lowest BCUT2D eigenvalue weighted by atomic mass is 9.77. The SMILES string of the molecule is Cl.NC1C[C@H]2CC[C@H]2C1. The first kappa shape index (κ1) is 7.36. The molecule has 0 amide bonds. The standard InChI is InChI=1S/C7H13N.ClH/c8-7-3-5-1-2-6(5)4-7;/h5-7H,1-4,8H2;1H/t5-,6+,7?;. The van der Waals surface area contributed by atoms with E-state index in [9.17, 15) is 0 Å². The highest BCUT2D eigenvalue weighted by Gasteiger charge is 2.38. The first-order valence-corrected chi connectivity index (χ1v) is 3.62. The Morgan fingerprint density at radius 2 is 1.44 bits per heavy atom. The number of hydrogen-bond donors (Lipinski definition) is 1. The monoisotopic (exact) mass is 147 g/mol. The molecule has 54 valence electrons. The fraction of sp³-hybridized carbons (Fsp3) is 1.00. The summed E-state index contributed by atoms with van der Waals surface area (Å²) in [7, 11) is 0. The summed E-state index contributed by atoms with van der Waals surface area (Å²) < 4.78 is 0. The predicted octanol–water partition coefficient (Wildman–Crippen LogP) is 1.56. The number of halogens is 1. The molecule has 1 unspecified atom stereocenters. The summed E-state index contributed by atoms with van der Waals surface area (Å²) in [5.74, 6) is 2.09. The summed E-state index contributed by atoms with van der Waals surface area (Å²) in [4.78, 5) is 0. The van der Waals surface area contributed by atoms with Crippen LogP contribution in [0.4, 0.5) is 0 Å². The van der Waals surface area contributed by atoms with Gasteiger partial charge in [-0.2, -0.15) is 0 Å². The molecule has 1 nitrogen and oxygen atoms in total. The molecule has 2 fully saturated rings. The fourth-order valence-electron chi connectivity index (χ4n) is 2.13. The maximum atomic E-state index is 5.76. The lowest BCUT2D eigenvalue weighted by Gasteiger charge is -2.29. The summed E-state index contributed by atoms with van der Waals surface area (Å²) in [5.41, 5.74) is 5.76.